The van der Waals surface area contributed by atoms with Crippen LogP contribution in [0.2, 0.25) is 0 Å². The van der Waals surface area contributed by atoms with Crippen molar-refractivity contribution in [1.82, 2.24) is 0 Å². The van der Waals surface area contributed by atoms with Gasteiger partial charge in [0, 0.05) is 23.0 Å². The number of hydrogen-bond acceptors (Lipinski definition) is 2. The Morgan fingerprint density at radius 3 is 2.02 bits per heavy atom. The molecule has 258 valence electrons. The van der Waals surface area contributed by atoms with Crippen LogP contribution in [-0.4, -0.2) is 11.8 Å². The van der Waals surface area contributed by atoms with Crippen molar-refractivity contribution in [1.29, 1.82) is 0 Å². The Kier molecular flexibility index (Phi) is 9.69. The zero-order valence-corrected chi connectivity index (χ0v) is 29.9. The van der Waals surface area contributed by atoms with Crippen molar-refractivity contribution < 1.29 is 4.74 Å². The zero-order valence-electron chi connectivity index (χ0n) is 29.9. The molecular weight excluding hydrogens is 643 g/mol. The molecule has 2 nitrogen and oxygen atoms in total. The van der Waals surface area contributed by atoms with Crippen molar-refractivity contribution >= 4 is 5.71 Å². The van der Waals surface area contributed by atoms with Crippen LogP contribution in [-0.2, 0) is 5.41 Å². The number of ether oxygens (including phenoxy) is 1. The van der Waals surface area contributed by atoms with E-state index in [9.17, 15) is 0 Å². The minimum atomic E-state index is -0.613. The van der Waals surface area contributed by atoms with E-state index in [0.717, 1.165) is 52.3 Å². The predicted molar refractivity (Wildman–Crippen MR) is 221 cm³/mol. The summed E-state index contributed by atoms with van der Waals surface area (Å²) in [5, 5.41) is 0. The van der Waals surface area contributed by atoms with Gasteiger partial charge in [-0.1, -0.05) is 189 Å². The molecule has 3 aliphatic rings. The van der Waals surface area contributed by atoms with E-state index in [1.165, 1.54) is 22.3 Å². The largest absolute Gasteiger partial charge is 0.457 e. The first kappa shape index (κ1) is 33.9. The van der Waals surface area contributed by atoms with Crippen molar-refractivity contribution in [3.8, 4) is 11.5 Å². The average molecular weight is 686 g/mol. The molecular formula is C51H43NO. The quantitative estimate of drug-likeness (QED) is 0.104. The van der Waals surface area contributed by atoms with E-state index in [0.29, 0.717) is 0 Å². The van der Waals surface area contributed by atoms with Crippen molar-refractivity contribution in [2.24, 2.45) is 10.9 Å². The highest BCUT2D eigenvalue weighted by Gasteiger charge is 2.47. The number of rotatable bonds is 10. The lowest BCUT2D eigenvalue weighted by Gasteiger charge is -2.43. The molecule has 1 heterocycles. The van der Waals surface area contributed by atoms with Gasteiger partial charge in [0.05, 0.1) is 17.2 Å². The SMILES string of the molecule is C=CC(=NC(/C=C/C(=C)C1C=CC=CC1c1ccccc1C1(c2ccccc2)c2ccccc2Oc2ccccc21)C1=CCCC=C1)c1ccccc1. The summed E-state index contributed by atoms with van der Waals surface area (Å²) in [7, 11) is 0. The van der Waals surface area contributed by atoms with Gasteiger partial charge in [0.1, 0.15) is 11.5 Å². The van der Waals surface area contributed by atoms with E-state index in [1.807, 2.05) is 24.3 Å². The number of aliphatic imine (C=N–C) groups is 1. The van der Waals surface area contributed by atoms with Crippen molar-refractivity contribution in [3.05, 3.63) is 252 Å². The number of benzene rings is 5. The summed E-state index contributed by atoms with van der Waals surface area (Å²) in [5.74, 6) is 1.82. The van der Waals surface area contributed by atoms with Gasteiger partial charge < -0.3 is 4.74 Å². The maximum absolute atomic E-state index is 6.61. The molecule has 0 aromatic heterocycles. The van der Waals surface area contributed by atoms with Gasteiger partial charge in [-0.25, -0.2) is 0 Å². The molecule has 1 aliphatic heterocycles. The molecule has 2 aliphatic carbocycles. The van der Waals surface area contributed by atoms with E-state index in [2.05, 4.69) is 177 Å². The van der Waals surface area contributed by atoms with Crippen molar-refractivity contribution in [2.45, 2.75) is 30.2 Å². The fourth-order valence-electron chi connectivity index (χ4n) is 8.24. The summed E-state index contributed by atoms with van der Waals surface area (Å²) in [6.45, 7) is 8.84. The number of fused-ring (bicyclic) bond motifs is 2. The molecule has 0 bridgehead atoms. The van der Waals surface area contributed by atoms with E-state index in [4.69, 9.17) is 16.3 Å². The Labute approximate surface area is 313 Å². The smallest absolute Gasteiger partial charge is 0.132 e. The first-order valence-corrected chi connectivity index (χ1v) is 18.5. The van der Waals surface area contributed by atoms with Crippen LogP contribution >= 0.6 is 0 Å². The molecule has 53 heavy (non-hydrogen) atoms. The topological polar surface area (TPSA) is 21.6 Å². The van der Waals surface area contributed by atoms with Gasteiger partial charge in [-0.05, 0) is 64.5 Å². The van der Waals surface area contributed by atoms with Gasteiger partial charge in [-0.2, -0.15) is 0 Å². The van der Waals surface area contributed by atoms with E-state index >= 15 is 0 Å². The second-order valence-corrected chi connectivity index (χ2v) is 13.8. The van der Waals surface area contributed by atoms with E-state index in [1.54, 1.807) is 0 Å². The van der Waals surface area contributed by atoms with Crippen LogP contribution in [0.25, 0.3) is 0 Å². The second-order valence-electron chi connectivity index (χ2n) is 13.8. The molecule has 0 fully saturated rings. The molecule has 5 aromatic carbocycles. The average Bonchev–Trinajstić information content (AvgIpc) is 3.24. The molecule has 2 heteroatoms. The normalized spacial score (nSPS) is 19.1. The Hall–Kier alpha value is -6.25. The molecule has 5 aromatic rings. The number of allylic oxidation sites excluding steroid dienone is 9. The van der Waals surface area contributed by atoms with Crippen LogP contribution in [0, 0.1) is 5.92 Å². The molecule has 3 atom stereocenters. The minimum absolute atomic E-state index is 0.0315. The molecule has 3 unspecified atom stereocenters. The van der Waals surface area contributed by atoms with Gasteiger partial charge in [0.2, 0.25) is 0 Å². The van der Waals surface area contributed by atoms with Gasteiger partial charge in [0.25, 0.3) is 0 Å². The van der Waals surface area contributed by atoms with Crippen molar-refractivity contribution in [3.63, 3.8) is 0 Å². The summed E-state index contributed by atoms with van der Waals surface area (Å²) in [6, 6.07) is 47.0. The van der Waals surface area contributed by atoms with Crippen LogP contribution in [0.3, 0.4) is 0 Å². The van der Waals surface area contributed by atoms with Crippen LogP contribution < -0.4 is 4.74 Å². The number of nitrogens with zero attached hydrogens (tertiary/aromatic N) is 1. The first-order valence-electron chi connectivity index (χ1n) is 18.5. The molecule has 0 saturated carbocycles. The van der Waals surface area contributed by atoms with Gasteiger partial charge in [-0.3, -0.25) is 4.99 Å². The van der Waals surface area contributed by atoms with Gasteiger partial charge in [-0.15, -0.1) is 0 Å². The van der Waals surface area contributed by atoms with Crippen LogP contribution in [0.15, 0.2) is 224 Å². The summed E-state index contributed by atoms with van der Waals surface area (Å²) in [5.41, 5.74) is 9.51. The monoisotopic (exact) mass is 685 g/mol. The second kappa shape index (κ2) is 15.2. The highest BCUT2D eigenvalue weighted by atomic mass is 16.5. The lowest BCUT2D eigenvalue weighted by molar-refractivity contribution is 0.433. The van der Waals surface area contributed by atoms with Gasteiger partial charge in [0.15, 0.2) is 0 Å². The molecule has 0 saturated heterocycles. The van der Waals surface area contributed by atoms with E-state index < -0.39 is 5.41 Å². The third-order valence-corrected chi connectivity index (χ3v) is 10.7. The number of para-hydroxylation sites is 2. The lowest BCUT2D eigenvalue weighted by atomic mass is 9.61. The fraction of sp³-hybridized carbons (Fsp3) is 0.118. The highest BCUT2D eigenvalue weighted by molar-refractivity contribution is 6.08. The maximum Gasteiger partial charge on any atom is 0.132 e. The molecule has 0 amide bonds. The Morgan fingerprint density at radius 1 is 0.717 bits per heavy atom. The Balaban J connectivity index is 1.23. The first-order chi connectivity index (χ1) is 26.2. The highest BCUT2D eigenvalue weighted by Crippen LogP contribution is 2.57. The minimum Gasteiger partial charge on any atom is -0.457 e. The van der Waals surface area contributed by atoms with Crippen LogP contribution in [0.5, 0.6) is 11.5 Å². The van der Waals surface area contributed by atoms with Crippen LogP contribution in [0.1, 0.15) is 52.1 Å². The Morgan fingerprint density at radius 2 is 1.34 bits per heavy atom. The maximum atomic E-state index is 6.61. The third-order valence-electron chi connectivity index (χ3n) is 10.7. The third kappa shape index (κ3) is 6.42. The standard InChI is InChI=1S/C51H43NO/c1-3-47(38-21-7-4-8-22-38)52-48(39-23-9-5-10-24-39)36-35-37(2)41-27-13-14-28-42(41)43-29-15-16-30-44(43)51(40-25-11-6-12-26-40)45-31-17-19-33-49(45)53-50-34-20-18-32-46(50)51/h3-4,6-9,11-36,41-42,48H,1-2,5,10H2/b36-35+,52-47?. The summed E-state index contributed by atoms with van der Waals surface area (Å²) in [4.78, 5) is 5.25. The Bertz CT molecular complexity index is 2270. The van der Waals surface area contributed by atoms with E-state index in [-0.39, 0.29) is 17.9 Å². The summed E-state index contributed by atoms with van der Waals surface area (Å²) in [6.07, 6.45) is 24.1. The molecule has 0 N–H and O–H groups in total. The number of hydrogen-bond donors (Lipinski definition) is 0. The molecule has 8 rings (SSSR count). The zero-order chi connectivity index (χ0) is 36.0. The molecule has 0 spiro atoms. The van der Waals surface area contributed by atoms with Crippen molar-refractivity contribution in [2.75, 3.05) is 0 Å². The van der Waals surface area contributed by atoms with Gasteiger partial charge >= 0.3 is 0 Å². The molecule has 0 radical (unpaired) electrons. The predicted octanol–water partition coefficient (Wildman–Crippen LogP) is 12.4. The fourth-order valence-corrected chi connectivity index (χ4v) is 8.24. The lowest BCUT2D eigenvalue weighted by Crippen LogP contribution is -2.35. The summed E-state index contributed by atoms with van der Waals surface area (Å²) < 4.78 is 6.61. The summed E-state index contributed by atoms with van der Waals surface area (Å²) >= 11 is 0. The van der Waals surface area contributed by atoms with Crippen LogP contribution in [0.4, 0.5) is 0 Å².